The third kappa shape index (κ3) is 15.7. The van der Waals surface area contributed by atoms with Crippen LogP contribution in [0.15, 0.2) is 164 Å². The Balaban J connectivity index is 1.09. The third-order valence-corrected chi connectivity index (χ3v) is 15.1. The van der Waals surface area contributed by atoms with E-state index in [1.54, 1.807) is 0 Å². The Morgan fingerprint density at radius 3 is 1.18 bits per heavy atom. The Morgan fingerprint density at radius 2 is 0.743 bits per heavy atom. The maximum atomic E-state index is 7.43. The van der Waals surface area contributed by atoms with Crippen molar-refractivity contribution in [3.8, 4) is 0 Å². The normalized spacial score (nSPS) is 30.2. The van der Waals surface area contributed by atoms with Crippen LogP contribution in [0, 0.1) is 29.6 Å². The minimum atomic E-state index is -0.880. The van der Waals surface area contributed by atoms with Crippen molar-refractivity contribution in [2.24, 2.45) is 29.6 Å². The van der Waals surface area contributed by atoms with Crippen molar-refractivity contribution in [2.75, 3.05) is 26.4 Å². The molecule has 3 fully saturated rings. The van der Waals surface area contributed by atoms with Crippen LogP contribution in [0.4, 0.5) is 0 Å². The number of ether oxygens (including phenoxy) is 11. The predicted molar refractivity (Wildman–Crippen MR) is 285 cm³/mol. The Hall–Kier alpha value is -4.60. The molecule has 74 heavy (non-hydrogen) atoms. The fraction of sp³-hybridized carbons (Fsp3) is 0.492. The summed E-state index contributed by atoms with van der Waals surface area (Å²) in [7, 11) is 0. The summed E-state index contributed by atoms with van der Waals surface area (Å²) in [6.07, 6.45) is -2.09. The highest BCUT2D eigenvalue weighted by Crippen LogP contribution is 2.41. The van der Waals surface area contributed by atoms with Crippen molar-refractivity contribution in [3.05, 3.63) is 192 Å². The molecule has 0 aliphatic carbocycles. The van der Waals surface area contributed by atoms with E-state index in [2.05, 4.69) is 102 Å². The summed E-state index contributed by atoms with van der Waals surface area (Å²) in [5.74, 6) is 0.0852. The first kappa shape index (κ1) is 55.6. The van der Waals surface area contributed by atoms with Crippen molar-refractivity contribution in [3.63, 3.8) is 0 Å². The summed E-state index contributed by atoms with van der Waals surface area (Å²) in [5, 5.41) is 0. The maximum absolute atomic E-state index is 7.43. The second-order valence-electron chi connectivity index (χ2n) is 20.5. The van der Waals surface area contributed by atoms with Gasteiger partial charge in [0.15, 0.2) is 18.9 Å². The lowest BCUT2D eigenvalue weighted by Gasteiger charge is -2.51. The Kier molecular flexibility index (Phi) is 21.8. The van der Waals surface area contributed by atoms with Crippen molar-refractivity contribution in [1.29, 1.82) is 0 Å². The van der Waals surface area contributed by atoms with E-state index in [0.717, 1.165) is 40.7 Å². The molecule has 5 aromatic carbocycles. The van der Waals surface area contributed by atoms with E-state index in [-0.39, 0.29) is 48.9 Å². The first-order valence-electron chi connectivity index (χ1n) is 26.9. The highest BCUT2D eigenvalue weighted by molar-refractivity contribution is 5.17. The average Bonchev–Trinajstić information content (AvgIpc) is 3.43. The van der Waals surface area contributed by atoms with Gasteiger partial charge in [-0.1, -0.05) is 192 Å². The zero-order valence-electron chi connectivity index (χ0n) is 44.1. The van der Waals surface area contributed by atoms with Crippen LogP contribution < -0.4 is 0 Å². The van der Waals surface area contributed by atoms with E-state index in [9.17, 15) is 0 Å². The van der Waals surface area contributed by atoms with E-state index in [1.807, 2.05) is 97.1 Å². The van der Waals surface area contributed by atoms with Gasteiger partial charge in [-0.05, 0) is 52.5 Å². The second-order valence-corrected chi connectivity index (χ2v) is 20.5. The highest BCUT2D eigenvalue weighted by Gasteiger charge is 2.53. The quantitative estimate of drug-likeness (QED) is 0.0371. The molecule has 11 nitrogen and oxygen atoms in total. The number of benzene rings is 5. The van der Waals surface area contributed by atoms with Gasteiger partial charge in [-0.25, -0.2) is 0 Å². The van der Waals surface area contributed by atoms with Gasteiger partial charge in [-0.2, -0.15) is 0 Å². The summed E-state index contributed by atoms with van der Waals surface area (Å²) >= 11 is 0. The lowest BCUT2D eigenvalue weighted by atomic mass is 9.79. The molecular weight excluding hydrogens is 933 g/mol. The fourth-order valence-electron chi connectivity index (χ4n) is 10.3. The van der Waals surface area contributed by atoms with Gasteiger partial charge >= 0.3 is 0 Å². The van der Waals surface area contributed by atoms with E-state index < -0.39 is 55.5 Å². The summed E-state index contributed by atoms with van der Waals surface area (Å²) in [4.78, 5) is 0. The topological polar surface area (TPSA) is 102 Å². The third-order valence-electron chi connectivity index (χ3n) is 15.1. The molecule has 3 saturated heterocycles. The van der Waals surface area contributed by atoms with E-state index in [0.29, 0.717) is 46.2 Å². The minimum absolute atomic E-state index is 0.0720. The fourth-order valence-corrected chi connectivity index (χ4v) is 10.3. The lowest BCUT2D eigenvalue weighted by Crippen LogP contribution is -2.63. The molecule has 5 aromatic rings. The van der Waals surface area contributed by atoms with E-state index >= 15 is 0 Å². The summed E-state index contributed by atoms with van der Waals surface area (Å²) < 4.78 is 75.7. The average molecular weight is 1010 g/mol. The van der Waals surface area contributed by atoms with Crippen LogP contribution in [0.1, 0.15) is 75.3 Å². The van der Waals surface area contributed by atoms with Crippen LogP contribution >= 0.6 is 0 Å². The van der Waals surface area contributed by atoms with Gasteiger partial charge in [0.2, 0.25) is 0 Å². The first-order valence-corrected chi connectivity index (χ1v) is 26.9. The summed E-state index contributed by atoms with van der Waals surface area (Å²) in [6, 6.07) is 50.9. The molecule has 398 valence electrons. The number of hydrogen-bond acceptors (Lipinski definition) is 11. The van der Waals surface area contributed by atoms with Crippen LogP contribution in [0.3, 0.4) is 0 Å². The molecule has 15 atom stereocenters. The molecular formula is C63H80O11. The first-order chi connectivity index (χ1) is 36.2. The van der Waals surface area contributed by atoms with Crippen molar-refractivity contribution in [2.45, 2.75) is 142 Å². The van der Waals surface area contributed by atoms with Gasteiger partial charge in [0.1, 0.15) is 24.4 Å². The van der Waals surface area contributed by atoms with Gasteiger partial charge in [0.05, 0.1) is 77.8 Å². The van der Waals surface area contributed by atoms with Gasteiger partial charge in [0, 0.05) is 17.8 Å². The minimum Gasteiger partial charge on any atom is -0.374 e. The standard InChI is InChI=1S/C63H80O11/c1-7-8-24-35-67-62-59(68-39-52-31-20-12-21-32-52)47(5)58(55(71-62)42-65-37-50-27-16-10-17-28-50)74-63-60(69-40-53-33-22-13-23-34-53)48(6)57(56(72-63)43-66-38-51-29-18-11-19-30-51)73-61-46(4)44(2)45(3)54(70-61)41-64-36-49-25-14-9-15-26-49/h7,9-23,25-34,44-48,54-63H,1,8,24,35-43H2,2-6H3/t44-,45+,46?,47-,48-,54?,55?,56?,57+,58+,59?,60?,61-,62+,63-/m0/s1. The Morgan fingerprint density at radius 1 is 0.378 bits per heavy atom. The van der Waals surface area contributed by atoms with Gasteiger partial charge in [-0.15, -0.1) is 6.58 Å². The van der Waals surface area contributed by atoms with Gasteiger partial charge < -0.3 is 52.1 Å². The molecule has 0 bridgehead atoms. The van der Waals surface area contributed by atoms with Gasteiger partial charge in [0.25, 0.3) is 0 Å². The van der Waals surface area contributed by atoms with Crippen molar-refractivity contribution in [1.82, 2.24) is 0 Å². The molecule has 0 amide bonds. The monoisotopic (exact) mass is 1010 g/mol. The van der Waals surface area contributed by atoms with Crippen LogP contribution in [-0.2, 0) is 85.1 Å². The molecule has 3 heterocycles. The van der Waals surface area contributed by atoms with Gasteiger partial charge in [-0.3, -0.25) is 0 Å². The van der Waals surface area contributed by atoms with Crippen molar-refractivity contribution < 1.29 is 52.1 Å². The van der Waals surface area contributed by atoms with E-state index in [4.69, 9.17) is 52.1 Å². The molecule has 3 aliphatic rings. The zero-order chi connectivity index (χ0) is 51.5. The SMILES string of the molecule is C=CCCCO[C@@H]1OC(COCc2ccccc2)[C@H](O[C@@H]2OC(COCc3ccccc3)[C@H](O[C@@H]3OC(COCc4ccccc4)[C@H](C)[C@H](C)C3C)[C@H](C)C2OCc2ccccc2)[C@H](C)C1OCc1ccccc1. The molecule has 0 radical (unpaired) electrons. The summed E-state index contributed by atoms with van der Waals surface area (Å²) in [6.45, 7) is 18.4. The lowest BCUT2D eigenvalue weighted by molar-refractivity contribution is -0.371. The number of unbranched alkanes of at least 4 members (excludes halogenated alkanes) is 1. The van der Waals surface area contributed by atoms with Crippen LogP contribution in [0.2, 0.25) is 0 Å². The van der Waals surface area contributed by atoms with Crippen LogP contribution in [0.5, 0.6) is 0 Å². The van der Waals surface area contributed by atoms with E-state index in [1.165, 1.54) is 0 Å². The number of hydrogen-bond donors (Lipinski definition) is 0. The Labute approximate surface area is 440 Å². The molecule has 6 unspecified atom stereocenters. The second kappa shape index (κ2) is 29.1. The smallest absolute Gasteiger partial charge is 0.185 e. The molecule has 8 rings (SSSR count). The van der Waals surface area contributed by atoms with Crippen LogP contribution in [-0.4, -0.2) is 88.0 Å². The van der Waals surface area contributed by atoms with Crippen LogP contribution in [0.25, 0.3) is 0 Å². The molecule has 0 saturated carbocycles. The van der Waals surface area contributed by atoms with Crippen molar-refractivity contribution >= 4 is 0 Å². The molecule has 3 aliphatic heterocycles. The predicted octanol–water partition coefficient (Wildman–Crippen LogP) is 11.9. The highest BCUT2D eigenvalue weighted by atomic mass is 16.8. The number of rotatable bonds is 27. The molecule has 0 spiro atoms. The Bertz CT molecular complexity index is 2300. The summed E-state index contributed by atoms with van der Waals surface area (Å²) in [5.41, 5.74) is 5.32. The largest absolute Gasteiger partial charge is 0.374 e. The zero-order valence-corrected chi connectivity index (χ0v) is 44.1. The maximum Gasteiger partial charge on any atom is 0.185 e. The molecule has 0 aromatic heterocycles. The molecule has 0 N–H and O–H groups in total. The molecule has 11 heteroatoms. The number of allylic oxidation sites excluding steroid dienone is 1.